The first kappa shape index (κ1) is 20.4. The lowest BCUT2D eigenvalue weighted by atomic mass is 9.78. The van der Waals surface area contributed by atoms with Crippen molar-refractivity contribution >= 4 is 11.7 Å². The minimum absolute atomic E-state index is 0.0172. The Morgan fingerprint density at radius 3 is 2.84 bits per heavy atom. The molecule has 166 valence electrons. The molecule has 0 aliphatic carbocycles. The number of nitrogens with zero attached hydrogens (tertiary/aromatic N) is 6. The van der Waals surface area contributed by atoms with Crippen molar-refractivity contribution in [1.29, 1.82) is 0 Å². The van der Waals surface area contributed by atoms with Gasteiger partial charge in [-0.25, -0.2) is 9.97 Å². The summed E-state index contributed by atoms with van der Waals surface area (Å²) >= 11 is 0. The molecule has 3 atom stereocenters. The molecule has 0 radical (unpaired) electrons. The second kappa shape index (κ2) is 8.22. The predicted molar refractivity (Wildman–Crippen MR) is 120 cm³/mol. The normalized spacial score (nSPS) is 21.8. The standard InChI is InChI=1S/C23H27N7O2/c1-15-7-10-29(27-15)11-9-25-23(32)22-18-12-17(19-4-3-5-21(31)30(19)22)13-28(14-18)20-6-8-24-16(2)26-20/h3-8,10,17-18,22H,9,11-14H2,1-2H3,(H,25,32)/t17-,18+,22+/m0/s1. The molecule has 2 bridgehead atoms. The summed E-state index contributed by atoms with van der Waals surface area (Å²) in [5, 5.41) is 7.40. The third-order valence-corrected chi connectivity index (χ3v) is 6.42. The molecule has 1 N–H and O–H groups in total. The van der Waals surface area contributed by atoms with E-state index in [-0.39, 0.29) is 23.3 Å². The molecular formula is C23H27N7O2. The SMILES string of the molecule is Cc1ccn(CCNC(=O)[C@H]2[C@@H]3C[C@@H](CN(c4ccnc(C)n4)C3)c3cccc(=O)n32)n1. The molecule has 9 nitrogen and oxygen atoms in total. The zero-order valence-corrected chi connectivity index (χ0v) is 18.3. The Morgan fingerprint density at radius 2 is 2.06 bits per heavy atom. The number of anilines is 1. The topological polar surface area (TPSA) is 97.9 Å². The zero-order chi connectivity index (χ0) is 22.2. The van der Waals surface area contributed by atoms with E-state index in [9.17, 15) is 9.59 Å². The minimum atomic E-state index is -0.542. The van der Waals surface area contributed by atoms with E-state index in [2.05, 4.69) is 25.3 Å². The largest absolute Gasteiger partial charge is 0.355 e. The lowest BCUT2D eigenvalue weighted by Gasteiger charge is -2.46. The van der Waals surface area contributed by atoms with E-state index in [0.29, 0.717) is 19.6 Å². The van der Waals surface area contributed by atoms with Gasteiger partial charge in [-0.3, -0.25) is 18.8 Å². The number of carbonyl (C=O) groups is 1. The second-order valence-corrected chi connectivity index (χ2v) is 8.67. The Bertz CT molecular complexity index is 1200. The highest BCUT2D eigenvalue weighted by Gasteiger charge is 2.43. The molecule has 3 aromatic heterocycles. The molecule has 5 heterocycles. The first-order valence-electron chi connectivity index (χ1n) is 11.0. The summed E-state index contributed by atoms with van der Waals surface area (Å²) < 4.78 is 3.53. The third-order valence-electron chi connectivity index (χ3n) is 6.42. The van der Waals surface area contributed by atoms with Gasteiger partial charge in [0.05, 0.1) is 12.2 Å². The summed E-state index contributed by atoms with van der Waals surface area (Å²) in [7, 11) is 0. The minimum Gasteiger partial charge on any atom is -0.355 e. The Morgan fingerprint density at radius 1 is 1.19 bits per heavy atom. The maximum Gasteiger partial charge on any atom is 0.251 e. The van der Waals surface area contributed by atoms with Crippen molar-refractivity contribution in [2.24, 2.45) is 5.92 Å². The fourth-order valence-electron chi connectivity index (χ4n) is 5.06. The van der Waals surface area contributed by atoms with E-state index < -0.39 is 6.04 Å². The van der Waals surface area contributed by atoms with E-state index in [1.165, 1.54) is 0 Å². The molecule has 5 rings (SSSR count). The van der Waals surface area contributed by atoms with Crippen LogP contribution in [0.15, 0.2) is 47.5 Å². The first-order chi connectivity index (χ1) is 15.5. The fraction of sp³-hybridized carbons (Fsp3) is 0.435. The molecule has 32 heavy (non-hydrogen) atoms. The maximum atomic E-state index is 13.4. The molecule has 0 aromatic carbocycles. The number of nitrogens with one attached hydrogen (secondary N) is 1. The summed E-state index contributed by atoms with van der Waals surface area (Å²) in [6.45, 7) is 6.29. The molecule has 1 saturated heterocycles. The number of pyridine rings is 1. The van der Waals surface area contributed by atoms with Crippen molar-refractivity contribution in [3.05, 3.63) is 70.3 Å². The van der Waals surface area contributed by atoms with E-state index in [4.69, 9.17) is 0 Å². The number of amides is 1. The van der Waals surface area contributed by atoms with E-state index in [0.717, 1.165) is 36.0 Å². The Hall–Kier alpha value is -3.49. The van der Waals surface area contributed by atoms with Crippen LogP contribution in [0.5, 0.6) is 0 Å². The molecule has 0 spiro atoms. The second-order valence-electron chi connectivity index (χ2n) is 8.67. The van der Waals surface area contributed by atoms with Crippen LogP contribution in [-0.2, 0) is 11.3 Å². The van der Waals surface area contributed by atoms with Crippen molar-refractivity contribution in [3.63, 3.8) is 0 Å². The number of carbonyl (C=O) groups excluding carboxylic acids is 1. The van der Waals surface area contributed by atoms with Crippen LogP contribution in [0.2, 0.25) is 0 Å². The Kier molecular flexibility index (Phi) is 5.24. The summed E-state index contributed by atoms with van der Waals surface area (Å²) in [6.07, 6.45) is 4.54. The molecule has 1 amide bonds. The van der Waals surface area contributed by atoms with Gasteiger partial charge in [0.25, 0.3) is 5.56 Å². The van der Waals surface area contributed by atoms with Gasteiger partial charge in [-0.1, -0.05) is 6.07 Å². The van der Waals surface area contributed by atoms with E-state index >= 15 is 0 Å². The van der Waals surface area contributed by atoms with Gasteiger partial charge < -0.3 is 10.2 Å². The monoisotopic (exact) mass is 433 g/mol. The number of piperidine rings is 1. The number of aromatic nitrogens is 5. The van der Waals surface area contributed by atoms with Gasteiger partial charge in [-0.15, -0.1) is 0 Å². The number of fused-ring (bicyclic) bond motifs is 4. The summed E-state index contributed by atoms with van der Waals surface area (Å²) in [6, 6.07) is 8.61. The van der Waals surface area contributed by atoms with Gasteiger partial charge in [0.15, 0.2) is 0 Å². The highest BCUT2D eigenvalue weighted by molar-refractivity contribution is 5.81. The van der Waals surface area contributed by atoms with Crippen LogP contribution in [0.4, 0.5) is 5.82 Å². The van der Waals surface area contributed by atoms with Gasteiger partial charge in [-0.05, 0) is 38.5 Å². The molecule has 9 heteroatoms. The first-order valence-corrected chi connectivity index (χ1v) is 11.0. The molecule has 1 fully saturated rings. The average Bonchev–Trinajstić information content (AvgIpc) is 3.19. The highest BCUT2D eigenvalue weighted by atomic mass is 16.2. The van der Waals surface area contributed by atoms with Gasteiger partial charge in [0, 0.05) is 55.6 Å². The summed E-state index contributed by atoms with van der Waals surface area (Å²) in [4.78, 5) is 37.2. The molecule has 2 aliphatic rings. The van der Waals surface area contributed by atoms with Crippen molar-refractivity contribution in [3.8, 4) is 0 Å². The van der Waals surface area contributed by atoms with Crippen LogP contribution < -0.4 is 15.8 Å². The number of rotatable bonds is 5. The van der Waals surface area contributed by atoms with Crippen LogP contribution >= 0.6 is 0 Å². The lowest BCUT2D eigenvalue weighted by molar-refractivity contribution is -0.126. The predicted octanol–water partition coefficient (Wildman–Crippen LogP) is 1.43. The maximum absolute atomic E-state index is 13.4. The van der Waals surface area contributed by atoms with Crippen molar-refractivity contribution in [2.75, 3.05) is 24.5 Å². The van der Waals surface area contributed by atoms with Crippen molar-refractivity contribution in [2.45, 2.75) is 38.8 Å². The van der Waals surface area contributed by atoms with Gasteiger partial charge >= 0.3 is 0 Å². The summed E-state index contributed by atoms with van der Waals surface area (Å²) in [5.41, 5.74) is 1.75. The molecule has 0 unspecified atom stereocenters. The molecule has 2 aliphatic heterocycles. The molecule has 0 saturated carbocycles. The number of hydrogen-bond acceptors (Lipinski definition) is 6. The van der Waals surface area contributed by atoms with Crippen molar-refractivity contribution in [1.82, 2.24) is 29.6 Å². The molecular weight excluding hydrogens is 406 g/mol. The van der Waals surface area contributed by atoms with Gasteiger partial charge in [0.2, 0.25) is 5.91 Å². The average molecular weight is 434 g/mol. The number of hydrogen-bond donors (Lipinski definition) is 1. The van der Waals surface area contributed by atoms with Crippen molar-refractivity contribution < 1.29 is 4.79 Å². The molecule has 3 aromatic rings. The smallest absolute Gasteiger partial charge is 0.251 e. The quantitative estimate of drug-likeness (QED) is 0.654. The summed E-state index contributed by atoms with van der Waals surface area (Å²) in [5.74, 6) is 1.66. The van der Waals surface area contributed by atoms with Crippen LogP contribution in [0, 0.1) is 19.8 Å². The van der Waals surface area contributed by atoms with E-state index in [1.54, 1.807) is 22.9 Å². The highest BCUT2D eigenvalue weighted by Crippen LogP contribution is 2.42. The number of aryl methyl sites for hydroxylation is 2. The Labute approximate surface area is 186 Å². The van der Waals surface area contributed by atoms with Crippen LogP contribution in [0.25, 0.3) is 0 Å². The van der Waals surface area contributed by atoms with Crippen LogP contribution in [0.3, 0.4) is 0 Å². The third kappa shape index (κ3) is 3.79. The fourth-order valence-corrected chi connectivity index (χ4v) is 5.06. The van der Waals surface area contributed by atoms with Gasteiger partial charge in [-0.2, -0.15) is 5.10 Å². The lowest BCUT2D eigenvalue weighted by Crippen LogP contribution is -2.53. The van der Waals surface area contributed by atoms with E-state index in [1.807, 2.05) is 42.9 Å². The van der Waals surface area contributed by atoms with Crippen LogP contribution in [0.1, 0.15) is 35.6 Å². The zero-order valence-electron chi connectivity index (χ0n) is 18.3. The Balaban J connectivity index is 1.41. The van der Waals surface area contributed by atoms with Crippen LogP contribution in [-0.4, -0.2) is 49.9 Å². The van der Waals surface area contributed by atoms with Gasteiger partial charge in [0.1, 0.15) is 17.7 Å².